The van der Waals surface area contributed by atoms with E-state index >= 15 is 0 Å². The Labute approximate surface area is 47.9 Å². The van der Waals surface area contributed by atoms with Gasteiger partial charge in [-0.2, -0.15) is 0 Å². The summed E-state index contributed by atoms with van der Waals surface area (Å²) in [7, 11) is 0. The molecule has 3 heteroatoms. The average molecular weight is 118 g/mol. The minimum Gasteiger partial charge on any atom is -0.481 e. The van der Waals surface area contributed by atoms with E-state index < -0.39 is 11.9 Å². The van der Waals surface area contributed by atoms with Crippen LogP contribution in [0, 0.1) is 5.92 Å². The van der Waals surface area contributed by atoms with Gasteiger partial charge in [-0.3, -0.25) is 4.79 Å². The van der Waals surface area contributed by atoms with Crippen LogP contribution >= 0.6 is 0 Å². The van der Waals surface area contributed by atoms with Crippen LogP contribution in [0.4, 0.5) is 0 Å². The highest BCUT2D eigenvalue weighted by Crippen LogP contribution is 1.98. The van der Waals surface area contributed by atoms with E-state index in [9.17, 15) is 4.79 Å². The van der Waals surface area contributed by atoms with Gasteiger partial charge in [-0.25, -0.2) is 0 Å². The van der Waals surface area contributed by atoms with Crippen LogP contribution in [0.5, 0.6) is 0 Å². The quantitative estimate of drug-likeness (QED) is 0.552. The van der Waals surface area contributed by atoms with Crippen molar-refractivity contribution in [2.75, 3.05) is 6.61 Å². The minimum absolute atomic E-state index is 0.0481. The zero-order chi connectivity index (χ0) is 6.57. The van der Waals surface area contributed by atoms with E-state index in [0.29, 0.717) is 6.42 Å². The second kappa shape index (κ2) is 3.43. The molecule has 0 saturated heterocycles. The molecule has 48 valence electrons. The lowest BCUT2D eigenvalue weighted by atomic mass is 10.1. The zero-order valence-corrected chi connectivity index (χ0v) is 4.79. The molecular formula is C5H10O3. The number of carboxylic acid groups (broad SMARTS) is 1. The van der Waals surface area contributed by atoms with Gasteiger partial charge in [0.15, 0.2) is 0 Å². The molecule has 0 aromatic heterocycles. The van der Waals surface area contributed by atoms with Crippen LogP contribution in [0.25, 0.3) is 0 Å². The molecule has 0 aliphatic heterocycles. The highest BCUT2D eigenvalue weighted by atomic mass is 16.4. The molecule has 0 saturated carbocycles. The van der Waals surface area contributed by atoms with Gasteiger partial charge in [0.1, 0.15) is 0 Å². The van der Waals surface area contributed by atoms with Gasteiger partial charge in [0, 0.05) is 6.61 Å². The molecule has 1 unspecified atom stereocenters. The molecule has 0 fully saturated rings. The van der Waals surface area contributed by atoms with E-state index in [1.54, 1.807) is 6.92 Å². The van der Waals surface area contributed by atoms with E-state index in [2.05, 4.69) is 0 Å². The summed E-state index contributed by atoms with van der Waals surface area (Å²) in [5.41, 5.74) is 0. The molecule has 0 heterocycles. The SMILES string of the molecule is CC(CCO)C(=O)O. The maximum Gasteiger partial charge on any atom is 0.306 e. The molecular weight excluding hydrogens is 108 g/mol. The first kappa shape index (κ1) is 7.43. The second-order valence-corrected chi connectivity index (χ2v) is 1.75. The molecule has 0 bridgehead atoms. The highest BCUT2D eigenvalue weighted by molar-refractivity contribution is 5.69. The van der Waals surface area contributed by atoms with Crippen molar-refractivity contribution in [1.82, 2.24) is 0 Å². The average Bonchev–Trinajstić information content (AvgIpc) is 1.67. The summed E-state index contributed by atoms with van der Waals surface area (Å²) in [6.07, 6.45) is 0.343. The Balaban J connectivity index is 3.32. The summed E-state index contributed by atoms with van der Waals surface area (Å²) in [6.45, 7) is 1.52. The van der Waals surface area contributed by atoms with Gasteiger partial charge in [-0.1, -0.05) is 6.92 Å². The fraction of sp³-hybridized carbons (Fsp3) is 0.800. The summed E-state index contributed by atoms with van der Waals surface area (Å²) in [5.74, 6) is -1.26. The first-order chi connectivity index (χ1) is 3.68. The van der Waals surface area contributed by atoms with Gasteiger partial charge >= 0.3 is 5.97 Å². The third kappa shape index (κ3) is 2.58. The van der Waals surface area contributed by atoms with Gasteiger partial charge in [0.2, 0.25) is 0 Å². The number of carbonyl (C=O) groups is 1. The fourth-order valence-corrected chi connectivity index (χ4v) is 0.317. The predicted octanol–water partition coefficient (Wildman–Crippen LogP) is 0.0895. The lowest BCUT2D eigenvalue weighted by molar-refractivity contribution is -0.141. The number of rotatable bonds is 3. The lowest BCUT2D eigenvalue weighted by Crippen LogP contribution is -2.10. The minimum atomic E-state index is -0.848. The number of aliphatic hydroxyl groups is 1. The van der Waals surface area contributed by atoms with Crippen molar-refractivity contribution in [2.45, 2.75) is 13.3 Å². The molecule has 2 N–H and O–H groups in total. The standard InChI is InChI=1S/C5H10O3/c1-4(2-3-6)5(7)8/h4,6H,2-3H2,1H3,(H,7,8). The zero-order valence-electron chi connectivity index (χ0n) is 4.79. The first-order valence-corrected chi connectivity index (χ1v) is 2.52. The van der Waals surface area contributed by atoms with E-state index in [0.717, 1.165) is 0 Å². The molecule has 8 heavy (non-hydrogen) atoms. The molecule has 0 spiro atoms. The van der Waals surface area contributed by atoms with Crippen LogP contribution in [0.1, 0.15) is 13.3 Å². The molecule has 0 aromatic carbocycles. The lowest BCUT2D eigenvalue weighted by Gasteiger charge is -1.99. The largest absolute Gasteiger partial charge is 0.481 e. The van der Waals surface area contributed by atoms with Crippen LogP contribution in [-0.4, -0.2) is 22.8 Å². The maximum atomic E-state index is 9.98. The number of hydrogen-bond donors (Lipinski definition) is 2. The van der Waals surface area contributed by atoms with Crippen molar-refractivity contribution in [3.63, 3.8) is 0 Å². The van der Waals surface area contributed by atoms with E-state index in [1.807, 2.05) is 0 Å². The van der Waals surface area contributed by atoms with Crippen molar-refractivity contribution in [1.29, 1.82) is 0 Å². The fourth-order valence-electron chi connectivity index (χ4n) is 0.317. The summed E-state index contributed by atoms with van der Waals surface area (Å²) in [5, 5.41) is 16.4. The van der Waals surface area contributed by atoms with Crippen LogP contribution in [0.2, 0.25) is 0 Å². The molecule has 0 aliphatic carbocycles. The Bertz CT molecular complexity index is 79.7. The molecule has 0 aliphatic rings. The van der Waals surface area contributed by atoms with Crippen LogP contribution < -0.4 is 0 Å². The summed E-state index contributed by atoms with van der Waals surface area (Å²) in [6, 6.07) is 0. The Morgan fingerprint density at radius 1 is 1.75 bits per heavy atom. The molecule has 0 aromatic rings. The smallest absolute Gasteiger partial charge is 0.306 e. The molecule has 1 atom stereocenters. The highest BCUT2D eigenvalue weighted by Gasteiger charge is 2.07. The third-order valence-electron chi connectivity index (χ3n) is 0.984. The first-order valence-electron chi connectivity index (χ1n) is 2.52. The van der Waals surface area contributed by atoms with Crippen molar-refractivity contribution in [2.24, 2.45) is 5.92 Å². The number of aliphatic carboxylic acids is 1. The molecule has 0 amide bonds. The second-order valence-electron chi connectivity index (χ2n) is 1.75. The van der Waals surface area contributed by atoms with Gasteiger partial charge in [-0.15, -0.1) is 0 Å². The van der Waals surface area contributed by atoms with Gasteiger partial charge in [-0.05, 0) is 6.42 Å². The van der Waals surface area contributed by atoms with Crippen LogP contribution in [0.3, 0.4) is 0 Å². The summed E-state index contributed by atoms with van der Waals surface area (Å²) < 4.78 is 0. The summed E-state index contributed by atoms with van der Waals surface area (Å²) in [4.78, 5) is 9.98. The maximum absolute atomic E-state index is 9.98. The topological polar surface area (TPSA) is 57.5 Å². The van der Waals surface area contributed by atoms with Crippen molar-refractivity contribution in [3.8, 4) is 0 Å². The van der Waals surface area contributed by atoms with Gasteiger partial charge in [0.25, 0.3) is 0 Å². The third-order valence-corrected chi connectivity index (χ3v) is 0.984. The molecule has 3 nitrogen and oxygen atoms in total. The number of hydrogen-bond acceptors (Lipinski definition) is 2. The monoisotopic (exact) mass is 118 g/mol. The normalized spacial score (nSPS) is 13.2. The van der Waals surface area contributed by atoms with Crippen LogP contribution in [-0.2, 0) is 4.79 Å². The van der Waals surface area contributed by atoms with Crippen molar-refractivity contribution >= 4 is 5.97 Å². The number of aliphatic hydroxyl groups excluding tert-OH is 1. The Morgan fingerprint density at radius 2 is 2.25 bits per heavy atom. The Morgan fingerprint density at radius 3 is 2.38 bits per heavy atom. The van der Waals surface area contributed by atoms with Gasteiger partial charge in [0.05, 0.1) is 5.92 Å². The predicted molar refractivity (Wildman–Crippen MR) is 28.5 cm³/mol. The van der Waals surface area contributed by atoms with Crippen LogP contribution in [0.15, 0.2) is 0 Å². The Hall–Kier alpha value is -0.570. The summed E-state index contributed by atoms with van der Waals surface area (Å²) >= 11 is 0. The van der Waals surface area contributed by atoms with Crippen molar-refractivity contribution < 1.29 is 15.0 Å². The molecule has 0 radical (unpaired) electrons. The number of carboxylic acids is 1. The molecule has 0 rings (SSSR count). The van der Waals surface area contributed by atoms with Crippen molar-refractivity contribution in [3.05, 3.63) is 0 Å². The van der Waals surface area contributed by atoms with E-state index in [1.165, 1.54) is 0 Å². The van der Waals surface area contributed by atoms with E-state index in [4.69, 9.17) is 10.2 Å². The van der Waals surface area contributed by atoms with E-state index in [-0.39, 0.29) is 6.61 Å². The Kier molecular flexibility index (Phi) is 3.19. The van der Waals surface area contributed by atoms with Gasteiger partial charge < -0.3 is 10.2 Å².